The van der Waals surface area contributed by atoms with Gasteiger partial charge in [0.15, 0.2) is 0 Å². The molecule has 0 bridgehead atoms. The van der Waals surface area contributed by atoms with E-state index in [1.54, 1.807) is 0 Å². The van der Waals surface area contributed by atoms with Gasteiger partial charge in [-0.3, -0.25) is 0 Å². The van der Waals surface area contributed by atoms with Crippen molar-refractivity contribution in [2.24, 2.45) is 17.3 Å². The molecule has 0 aromatic rings. The summed E-state index contributed by atoms with van der Waals surface area (Å²) in [5.41, 5.74) is 0.419. The van der Waals surface area contributed by atoms with Crippen molar-refractivity contribution in [1.29, 1.82) is 0 Å². The highest BCUT2D eigenvalue weighted by Crippen LogP contribution is 2.36. The largest absolute Gasteiger partial charge is 0.380 e. The fourth-order valence-electron chi connectivity index (χ4n) is 2.32. The Labute approximate surface area is 87.4 Å². The topological polar surface area (TPSA) is 21.3 Å². The molecule has 1 aliphatic heterocycles. The molecular weight excluding hydrogens is 174 g/mol. The van der Waals surface area contributed by atoms with Crippen LogP contribution in [0.4, 0.5) is 0 Å². The van der Waals surface area contributed by atoms with E-state index in [4.69, 9.17) is 4.74 Å². The summed E-state index contributed by atoms with van der Waals surface area (Å²) in [4.78, 5) is 0. The Bertz CT molecular complexity index is 192. The van der Waals surface area contributed by atoms with Gasteiger partial charge in [0.25, 0.3) is 0 Å². The Morgan fingerprint density at radius 2 is 2.00 bits per heavy atom. The van der Waals surface area contributed by atoms with E-state index in [2.05, 4.69) is 26.1 Å². The molecule has 1 saturated carbocycles. The van der Waals surface area contributed by atoms with E-state index < -0.39 is 0 Å². The quantitative estimate of drug-likeness (QED) is 0.728. The molecule has 0 radical (unpaired) electrons. The maximum absolute atomic E-state index is 5.27. The first kappa shape index (κ1) is 10.4. The number of ether oxygens (including phenoxy) is 1. The number of nitrogens with one attached hydrogen (secondary N) is 1. The first-order valence-corrected chi connectivity index (χ1v) is 5.92. The average molecular weight is 197 g/mol. The van der Waals surface area contributed by atoms with E-state index in [0.717, 1.165) is 37.6 Å². The highest BCUT2D eigenvalue weighted by atomic mass is 16.5. The Kier molecular flexibility index (Phi) is 2.85. The molecule has 1 atom stereocenters. The summed E-state index contributed by atoms with van der Waals surface area (Å²) in [6.45, 7) is 9.98. The second kappa shape index (κ2) is 3.82. The Morgan fingerprint density at radius 1 is 1.36 bits per heavy atom. The molecule has 0 aromatic carbocycles. The van der Waals surface area contributed by atoms with Crippen LogP contribution in [0, 0.1) is 17.3 Å². The van der Waals surface area contributed by atoms with Crippen LogP contribution in [-0.2, 0) is 4.74 Å². The zero-order chi connectivity index (χ0) is 10.2. The molecule has 14 heavy (non-hydrogen) atoms. The monoisotopic (exact) mass is 197 g/mol. The molecule has 82 valence electrons. The third kappa shape index (κ3) is 2.29. The van der Waals surface area contributed by atoms with Gasteiger partial charge in [0.2, 0.25) is 0 Å². The summed E-state index contributed by atoms with van der Waals surface area (Å²) in [6.07, 6.45) is 2.87. The maximum Gasteiger partial charge on any atom is 0.0554 e. The van der Waals surface area contributed by atoms with Crippen molar-refractivity contribution in [2.45, 2.75) is 39.7 Å². The van der Waals surface area contributed by atoms with Gasteiger partial charge in [-0.25, -0.2) is 0 Å². The lowest BCUT2D eigenvalue weighted by Crippen LogP contribution is -2.51. The van der Waals surface area contributed by atoms with Crippen LogP contribution >= 0.6 is 0 Å². The summed E-state index contributed by atoms with van der Waals surface area (Å²) < 4.78 is 5.27. The standard InChI is InChI=1S/C12H23NO/c1-9(2)11(10-4-5-10)13-6-12(3)7-14-8-12/h9-11,13H,4-8H2,1-3H3. The van der Waals surface area contributed by atoms with Crippen LogP contribution in [0.2, 0.25) is 0 Å². The molecule has 2 fully saturated rings. The lowest BCUT2D eigenvalue weighted by Gasteiger charge is -2.40. The number of hydrogen-bond acceptors (Lipinski definition) is 2. The van der Waals surface area contributed by atoms with Gasteiger partial charge >= 0.3 is 0 Å². The first-order valence-electron chi connectivity index (χ1n) is 5.92. The van der Waals surface area contributed by atoms with Gasteiger partial charge in [-0.2, -0.15) is 0 Å². The van der Waals surface area contributed by atoms with Crippen LogP contribution in [-0.4, -0.2) is 25.8 Å². The van der Waals surface area contributed by atoms with Crippen LogP contribution in [0.25, 0.3) is 0 Å². The average Bonchev–Trinajstić information content (AvgIpc) is 2.84. The highest BCUT2D eigenvalue weighted by molar-refractivity contribution is 4.91. The lowest BCUT2D eigenvalue weighted by atomic mass is 9.87. The predicted molar refractivity (Wildman–Crippen MR) is 58.3 cm³/mol. The molecule has 2 nitrogen and oxygen atoms in total. The molecule has 2 aliphatic rings. The Balaban J connectivity index is 1.76. The van der Waals surface area contributed by atoms with E-state index in [-0.39, 0.29) is 0 Å². The van der Waals surface area contributed by atoms with Crippen molar-refractivity contribution in [3.05, 3.63) is 0 Å². The van der Waals surface area contributed by atoms with Gasteiger partial charge in [-0.1, -0.05) is 20.8 Å². The van der Waals surface area contributed by atoms with Gasteiger partial charge in [0, 0.05) is 18.0 Å². The van der Waals surface area contributed by atoms with Crippen LogP contribution in [0.5, 0.6) is 0 Å². The zero-order valence-corrected chi connectivity index (χ0v) is 9.68. The van der Waals surface area contributed by atoms with Crippen molar-refractivity contribution in [3.63, 3.8) is 0 Å². The molecule has 0 amide bonds. The van der Waals surface area contributed by atoms with Crippen LogP contribution in [0.1, 0.15) is 33.6 Å². The van der Waals surface area contributed by atoms with Gasteiger partial charge < -0.3 is 10.1 Å². The minimum Gasteiger partial charge on any atom is -0.380 e. The molecule has 1 saturated heterocycles. The number of rotatable bonds is 5. The summed E-state index contributed by atoms with van der Waals surface area (Å²) in [5, 5.41) is 3.74. The van der Waals surface area contributed by atoms with E-state index in [1.165, 1.54) is 12.8 Å². The van der Waals surface area contributed by atoms with Crippen LogP contribution in [0.3, 0.4) is 0 Å². The fourth-order valence-corrected chi connectivity index (χ4v) is 2.32. The molecule has 0 spiro atoms. The van der Waals surface area contributed by atoms with Gasteiger partial charge in [-0.05, 0) is 24.7 Å². The maximum atomic E-state index is 5.27. The Morgan fingerprint density at radius 3 is 2.36 bits per heavy atom. The van der Waals surface area contributed by atoms with Crippen molar-refractivity contribution >= 4 is 0 Å². The van der Waals surface area contributed by atoms with E-state index in [0.29, 0.717) is 5.41 Å². The molecule has 2 rings (SSSR count). The summed E-state index contributed by atoms with van der Waals surface area (Å²) in [6, 6.07) is 0.743. The van der Waals surface area contributed by atoms with Gasteiger partial charge in [0.05, 0.1) is 13.2 Å². The van der Waals surface area contributed by atoms with E-state index in [9.17, 15) is 0 Å². The van der Waals surface area contributed by atoms with Gasteiger partial charge in [0.1, 0.15) is 0 Å². The predicted octanol–water partition coefficient (Wildman–Crippen LogP) is 2.05. The van der Waals surface area contributed by atoms with Crippen molar-refractivity contribution in [2.75, 3.05) is 19.8 Å². The second-order valence-electron chi connectivity index (χ2n) is 5.79. The third-order valence-corrected chi connectivity index (χ3v) is 3.51. The van der Waals surface area contributed by atoms with E-state index >= 15 is 0 Å². The minimum absolute atomic E-state index is 0.419. The van der Waals surface area contributed by atoms with Crippen molar-refractivity contribution in [1.82, 2.24) is 5.32 Å². The zero-order valence-electron chi connectivity index (χ0n) is 9.68. The summed E-state index contributed by atoms with van der Waals surface area (Å²) in [7, 11) is 0. The SMILES string of the molecule is CC(C)C(NCC1(C)COC1)C1CC1. The summed E-state index contributed by atoms with van der Waals surface area (Å²) in [5.74, 6) is 1.73. The normalized spacial score (nSPS) is 27.4. The van der Waals surface area contributed by atoms with Crippen LogP contribution < -0.4 is 5.32 Å². The first-order chi connectivity index (χ1) is 6.61. The molecule has 1 N–H and O–H groups in total. The lowest BCUT2D eigenvalue weighted by molar-refractivity contribution is -0.101. The smallest absolute Gasteiger partial charge is 0.0554 e. The molecule has 1 heterocycles. The third-order valence-electron chi connectivity index (χ3n) is 3.51. The summed E-state index contributed by atoms with van der Waals surface area (Å²) >= 11 is 0. The van der Waals surface area contributed by atoms with Gasteiger partial charge in [-0.15, -0.1) is 0 Å². The number of hydrogen-bond donors (Lipinski definition) is 1. The minimum atomic E-state index is 0.419. The van der Waals surface area contributed by atoms with E-state index in [1.807, 2.05) is 0 Å². The molecule has 1 aliphatic carbocycles. The van der Waals surface area contributed by atoms with Crippen LogP contribution in [0.15, 0.2) is 0 Å². The molecule has 2 heteroatoms. The molecular formula is C12H23NO. The van der Waals surface area contributed by atoms with Crippen molar-refractivity contribution in [3.8, 4) is 0 Å². The van der Waals surface area contributed by atoms with Crippen molar-refractivity contribution < 1.29 is 4.74 Å². The molecule has 1 unspecified atom stereocenters. The molecule has 0 aromatic heterocycles. The fraction of sp³-hybridized carbons (Fsp3) is 1.00. The second-order valence-corrected chi connectivity index (χ2v) is 5.79. The Hall–Kier alpha value is -0.0800. The highest BCUT2D eigenvalue weighted by Gasteiger charge is 2.37.